The number of urea groups is 2. The molecule has 2 rings (SSSR count). The molecule has 0 aromatic carbocycles. The molecule has 2 aromatic rings. The number of aryl methyl sites for hydroxylation is 3. The van der Waals surface area contributed by atoms with Gasteiger partial charge in [-0.1, -0.05) is 0 Å². The third-order valence-corrected chi connectivity index (χ3v) is 8.04. The van der Waals surface area contributed by atoms with Crippen LogP contribution in [-0.4, -0.2) is 69.6 Å². The highest BCUT2D eigenvalue weighted by Gasteiger charge is 2.02. The Morgan fingerprint density at radius 3 is 1.91 bits per heavy atom. The minimum Gasteiger partial charge on any atom is -0.341 e. The van der Waals surface area contributed by atoms with Gasteiger partial charge in [0.05, 0.1) is 23.3 Å². The van der Waals surface area contributed by atoms with Gasteiger partial charge in [0.2, 0.25) is 0 Å². The van der Waals surface area contributed by atoms with Gasteiger partial charge >= 0.3 is 12.1 Å². The number of aromatic nitrogens is 4. The second kappa shape index (κ2) is 19.3. The second-order valence-electron chi connectivity index (χ2n) is 6.97. The smallest absolute Gasteiger partial charge is 0.324 e. The Hall–Kier alpha value is -1.90. The number of carbonyl (C=O) groups excluding carboxylic acids is 2. The predicted octanol–water partition coefficient (Wildman–Crippen LogP) is 3.50. The summed E-state index contributed by atoms with van der Waals surface area (Å²) in [5.74, 6) is 5.59. The molecular weight excluding hydrogens is 525 g/mol. The van der Waals surface area contributed by atoms with Crippen molar-refractivity contribution in [3.63, 3.8) is 0 Å². The summed E-state index contributed by atoms with van der Waals surface area (Å²) in [6.45, 7) is 5.86. The van der Waals surface area contributed by atoms with Crippen molar-refractivity contribution in [1.82, 2.24) is 40.5 Å². The Balaban J connectivity index is 0.000000351. The molecule has 0 aliphatic rings. The summed E-state index contributed by atoms with van der Waals surface area (Å²) < 4.78 is 5.35. The summed E-state index contributed by atoms with van der Waals surface area (Å²) in [7, 11) is 3.20. The third kappa shape index (κ3) is 15.7. The van der Waals surface area contributed by atoms with Gasteiger partial charge in [-0.05, 0) is 67.9 Å². The molecule has 0 bridgehead atoms. The van der Waals surface area contributed by atoms with E-state index in [9.17, 15) is 9.59 Å². The molecule has 2 heterocycles. The van der Waals surface area contributed by atoms with Crippen molar-refractivity contribution in [3.05, 3.63) is 46.5 Å². The molecule has 35 heavy (non-hydrogen) atoms. The van der Waals surface area contributed by atoms with Gasteiger partial charge in [0.1, 0.15) is 0 Å². The monoisotopic (exact) mass is 558 g/mol. The quantitative estimate of drug-likeness (QED) is 0.226. The molecule has 0 aliphatic heterocycles. The molecule has 0 fully saturated rings. The van der Waals surface area contributed by atoms with Crippen LogP contribution in [0.25, 0.3) is 0 Å². The molecule has 0 spiro atoms. The van der Waals surface area contributed by atoms with E-state index in [-0.39, 0.29) is 12.1 Å². The second-order valence-corrected chi connectivity index (χ2v) is 11.0. The van der Waals surface area contributed by atoms with Crippen LogP contribution in [-0.2, 0) is 11.5 Å². The molecule has 14 heteroatoms. The minimum absolute atomic E-state index is 0.158. The van der Waals surface area contributed by atoms with Crippen molar-refractivity contribution >= 4 is 59.5 Å². The van der Waals surface area contributed by atoms with Gasteiger partial charge in [0, 0.05) is 48.6 Å². The lowest BCUT2D eigenvalue weighted by molar-refractivity contribution is 0.247. The number of hydrogen-bond acceptors (Lipinski definition) is 10. The van der Waals surface area contributed by atoms with Gasteiger partial charge in [0.15, 0.2) is 0 Å². The lowest BCUT2D eigenvalue weighted by atomic mass is 10.2. The highest BCUT2D eigenvalue weighted by molar-refractivity contribution is 8.02. The number of carbonyl (C=O) groups is 2. The minimum atomic E-state index is -0.158. The maximum absolute atomic E-state index is 10.9. The first-order valence-electron chi connectivity index (χ1n) is 10.8. The summed E-state index contributed by atoms with van der Waals surface area (Å²) >= 11 is 6.47. The zero-order valence-electron chi connectivity index (χ0n) is 20.7. The molecule has 2 aromatic heterocycles. The van der Waals surface area contributed by atoms with E-state index in [4.69, 9.17) is 0 Å². The Labute approximate surface area is 224 Å². The molecule has 0 saturated carbocycles. The maximum atomic E-state index is 10.9. The van der Waals surface area contributed by atoms with Crippen molar-refractivity contribution in [1.29, 1.82) is 0 Å². The molecule has 194 valence electrons. The average molecular weight is 559 g/mol. The Morgan fingerprint density at radius 2 is 1.34 bits per heavy atom. The molecule has 0 aliphatic carbocycles. The third-order valence-electron chi connectivity index (χ3n) is 4.01. The molecule has 0 saturated heterocycles. The highest BCUT2D eigenvalue weighted by atomic mass is 32.2. The van der Waals surface area contributed by atoms with Crippen LogP contribution in [0.15, 0.2) is 18.3 Å². The van der Waals surface area contributed by atoms with Crippen LogP contribution >= 0.6 is 47.4 Å². The number of thioether (sulfide) groups is 2. The van der Waals surface area contributed by atoms with Gasteiger partial charge < -0.3 is 10.6 Å². The normalized spacial score (nSPS) is 10.1. The van der Waals surface area contributed by atoms with E-state index in [0.717, 1.165) is 51.6 Å². The van der Waals surface area contributed by atoms with E-state index < -0.39 is 0 Å². The molecular formula is C21H34N8O2S4. The van der Waals surface area contributed by atoms with Gasteiger partial charge in [-0.3, -0.25) is 9.44 Å². The standard InChI is InChI=1S/C11H18N4OS2.C10H16N4OS2/c1-8-6-10(9(2)14-13-8)7-17-4-5-18-15-11(16)12-3;1-8-5-9(6-12-13-8)7-16-3-4-17-14-10(15)11-2/h6H,4-5,7H2,1-3H3,(H2,12,15,16);5-6H,3-4,7H2,1-2H3,(H2,11,14,15). The molecule has 4 amide bonds. The van der Waals surface area contributed by atoms with E-state index in [0.29, 0.717) is 0 Å². The van der Waals surface area contributed by atoms with Crippen LogP contribution in [0.4, 0.5) is 9.59 Å². The highest BCUT2D eigenvalue weighted by Crippen LogP contribution is 2.16. The van der Waals surface area contributed by atoms with Crippen LogP contribution in [0.5, 0.6) is 0 Å². The number of amides is 4. The van der Waals surface area contributed by atoms with Crippen molar-refractivity contribution < 1.29 is 9.59 Å². The number of nitrogens with one attached hydrogen (secondary N) is 4. The average Bonchev–Trinajstić information content (AvgIpc) is 2.85. The van der Waals surface area contributed by atoms with Crippen LogP contribution < -0.4 is 20.1 Å². The lowest BCUT2D eigenvalue weighted by Crippen LogP contribution is -2.27. The van der Waals surface area contributed by atoms with Crippen LogP contribution in [0.1, 0.15) is 28.2 Å². The zero-order chi connectivity index (χ0) is 25.9. The van der Waals surface area contributed by atoms with Crippen LogP contribution in [0.3, 0.4) is 0 Å². The molecule has 0 atom stereocenters. The summed E-state index contributed by atoms with van der Waals surface area (Å²) in [6, 6.07) is 3.80. The van der Waals surface area contributed by atoms with Gasteiger partial charge in [-0.25, -0.2) is 9.59 Å². The molecule has 0 unspecified atom stereocenters. The molecule has 0 radical (unpaired) electrons. The zero-order valence-corrected chi connectivity index (χ0v) is 24.0. The van der Waals surface area contributed by atoms with Gasteiger partial charge in [-0.2, -0.15) is 43.9 Å². The van der Waals surface area contributed by atoms with Crippen molar-refractivity contribution in [2.24, 2.45) is 0 Å². The molecule has 10 nitrogen and oxygen atoms in total. The van der Waals surface area contributed by atoms with E-state index in [1.165, 1.54) is 35.0 Å². The van der Waals surface area contributed by atoms with Gasteiger partial charge in [0.25, 0.3) is 0 Å². The lowest BCUT2D eigenvalue weighted by Gasteiger charge is -2.06. The van der Waals surface area contributed by atoms with Gasteiger partial charge in [-0.15, -0.1) is 0 Å². The summed E-state index contributed by atoms with van der Waals surface area (Å²) in [6.07, 6.45) is 1.79. The fraction of sp³-hybridized carbons (Fsp3) is 0.524. The predicted molar refractivity (Wildman–Crippen MR) is 151 cm³/mol. The van der Waals surface area contributed by atoms with Crippen LogP contribution in [0.2, 0.25) is 0 Å². The van der Waals surface area contributed by atoms with Crippen molar-refractivity contribution in [2.75, 3.05) is 37.1 Å². The van der Waals surface area contributed by atoms with Crippen molar-refractivity contribution in [3.8, 4) is 0 Å². The first-order chi connectivity index (χ1) is 16.8. The van der Waals surface area contributed by atoms with E-state index in [2.05, 4.69) is 46.5 Å². The molecule has 4 N–H and O–H groups in total. The summed E-state index contributed by atoms with van der Waals surface area (Å²) in [5, 5.41) is 20.9. The fourth-order valence-electron chi connectivity index (χ4n) is 2.27. The first-order valence-corrected chi connectivity index (χ1v) is 15.1. The van der Waals surface area contributed by atoms with Crippen molar-refractivity contribution in [2.45, 2.75) is 32.3 Å². The topological polar surface area (TPSA) is 134 Å². The van der Waals surface area contributed by atoms with E-state index in [1.807, 2.05) is 50.4 Å². The summed E-state index contributed by atoms with van der Waals surface area (Å²) in [4.78, 5) is 21.7. The number of nitrogens with zero attached hydrogens (tertiary/aromatic N) is 4. The number of rotatable bonds is 12. The Bertz CT molecular complexity index is 907. The SMILES string of the molecule is CNC(=O)NSCCSCc1cc(C)nnc1C.CNC(=O)NSCCSCc1cnnc(C)c1. The van der Waals surface area contributed by atoms with Crippen LogP contribution in [0, 0.1) is 20.8 Å². The fourth-order valence-corrected chi connectivity index (χ4v) is 5.74. The first kappa shape index (κ1) is 31.1. The van der Waals surface area contributed by atoms with E-state index >= 15 is 0 Å². The Kier molecular flexibility index (Phi) is 17.2. The maximum Gasteiger partial charge on any atom is 0.324 e. The Morgan fingerprint density at radius 1 is 0.771 bits per heavy atom. The van der Waals surface area contributed by atoms with E-state index in [1.54, 1.807) is 20.3 Å². The summed E-state index contributed by atoms with van der Waals surface area (Å²) in [5.41, 5.74) is 5.30. The largest absolute Gasteiger partial charge is 0.341 e. The number of hydrogen-bond donors (Lipinski definition) is 4.